The summed E-state index contributed by atoms with van der Waals surface area (Å²) in [5.41, 5.74) is 0. The van der Waals surface area contributed by atoms with Crippen LogP contribution in [0.4, 0.5) is 0 Å². The zero-order valence-electron chi connectivity index (χ0n) is 10.3. The molecule has 5 nitrogen and oxygen atoms in total. The summed E-state index contributed by atoms with van der Waals surface area (Å²) < 4.78 is 5.27. The molecule has 5 heteroatoms. The van der Waals surface area contributed by atoms with Crippen LogP contribution >= 0.6 is 0 Å². The zero-order valence-corrected chi connectivity index (χ0v) is 10.3. The Hall–Kier alpha value is -0.200. The maximum atomic E-state index is 9.45. The highest BCUT2D eigenvalue weighted by Gasteiger charge is 2.16. The Balaban J connectivity index is 2.16. The van der Waals surface area contributed by atoms with Crippen LogP contribution in [0.1, 0.15) is 20.3 Å². The molecular formula is C11H24N2O3. The Morgan fingerprint density at radius 3 is 2.25 bits per heavy atom. The summed E-state index contributed by atoms with van der Waals surface area (Å²) in [7, 11) is 0. The molecule has 0 aromatic rings. The number of ether oxygens (including phenoxy) is 1. The van der Waals surface area contributed by atoms with Crippen molar-refractivity contribution in [3.63, 3.8) is 0 Å². The van der Waals surface area contributed by atoms with Crippen LogP contribution in [0.2, 0.25) is 0 Å². The number of hydrogen-bond donors (Lipinski definition) is 2. The number of aliphatic hydroxyl groups is 2. The highest BCUT2D eigenvalue weighted by molar-refractivity contribution is 4.65. The minimum absolute atomic E-state index is 0.593. The van der Waals surface area contributed by atoms with Gasteiger partial charge in [0.1, 0.15) is 12.5 Å². The lowest BCUT2D eigenvalue weighted by Crippen LogP contribution is -2.43. The van der Waals surface area contributed by atoms with Crippen molar-refractivity contribution in [1.29, 1.82) is 0 Å². The standard InChI is InChI=1S/C11H24N2O3/c1-10(14)13(11(2)15)5-3-4-12-6-8-16-9-7-12/h10-11,14-15H,3-9H2,1-2H3. The maximum absolute atomic E-state index is 9.45. The molecule has 2 unspecified atom stereocenters. The molecule has 0 amide bonds. The number of morpholine rings is 1. The van der Waals surface area contributed by atoms with E-state index in [2.05, 4.69) is 4.90 Å². The molecule has 1 aliphatic rings. The Labute approximate surface area is 97.6 Å². The van der Waals surface area contributed by atoms with E-state index in [9.17, 15) is 10.2 Å². The first kappa shape index (κ1) is 13.9. The second kappa shape index (κ2) is 7.19. The quantitative estimate of drug-likeness (QED) is 0.615. The molecule has 0 aromatic heterocycles. The molecule has 0 saturated carbocycles. The van der Waals surface area contributed by atoms with Gasteiger partial charge in [0.05, 0.1) is 13.2 Å². The van der Waals surface area contributed by atoms with Crippen molar-refractivity contribution in [3.05, 3.63) is 0 Å². The summed E-state index contributed by atoms with van der Waals surface area (Å²) in [6, 6.07) is 0. The Morgan fingerprint density at radius 2 is 1.75 bits per heavy atom. The van der Waals surface area contributed by atoms with E-state index in [1.165, 1.54) is 0 Å². The predicted molar refractivity (Wildman–Crippen MR) is 61.9 cm³/mol. The second-order valence-electron chi connectivity index (χ2n) is 4.31. The van der Waals surface area contributed by atoms with Gasteiger partial charge in [0.2, 0.25) is 0 Å². The SMILES string of the molecule is CC(O)N(CCCN1CCOCC1)C(C)O. The van der Waals surface area contributed by atoms with Crippen LogP contribution < -0.4 is 0 Å². The van der Waals surface area contributed by atoms with Gasteiger partial charge in [-0.05, 0) is 26.8 Å². The molecule has 0 radical (unpaired) electrons. The van der Waals surface area contributed by atoms with Crippen LogP contribution in [-0.2, 0) is 4.74 Å². The van der Waals surface area contributed by atoms with Crippen molar-refractivity contribution in [3.8, 4) is 0 Å². The smallest absolute Gasteiger partial charge is 0.106 e. The largest absolute Gasteiger partial charge is 0.379 e. The molecule has 1 fully saturated rings. The molecule has 0 spiro atoms. The van der Waals surface area contributed by atoms with E-state index >= 15 is 0 Å². The summed E-state index contributed by atoms with van der Waals surface area (Å²) in [5.74, 6) is 0. The molecule has 2 N–H and O–H groups in total. The number of nitrogens with zero attached hydrogens (tertiary/aromatic N) is 2. The average Bonchev–Trinajstić information content (AvgIpc) is 2.24. The molecule has 0 bridgehead atoms. The number of rotatable bonds is 6. The Kier molecular flexibility index (Phi) is 6.23. The van der Waals surface area contributed by atoms with Gasteiger partial charge in [-0.25, -0.2) is 0 Å². The zero-order chi connectivity index (χ0) is 12.0. The van der Waals surface area contributed by atoms with Gasteiger partial charge < -0.3 is 14.9 Å². The van der Waals surface area contributed by atoms with Crippen molar-refractivity contribution in [2.75, 3.05) is 39.4 Å². The van der Waals surface area contributed by atoms with Gasteiger partial charge in [0.15, 0.2) is 0 Å². The number of aliphatic hydroxyl groups excluding tert-OH is 2. The van der Waals surface area contributed by atoms with Crippen LogP contribution in [-0.4, -0.2) is 71.9 Å². The van der Waals surface area contributed by atoms with Crippen LogP contribution in [0, 0.1) is 0 Å². The minimum Gasteiger partial charge on any atom is -0.379 e. The first-order valence-electron chi connectivity index (χ1n) is 6.03. The normalized spacial score (nSPS) is 22.3. The van der Waals surface area contributed by atoms with Crippen LogP contribution in [0.25, 0.3) is 0 Å². The Morgan fingerprint density at radius 1 is 1.19 bits per heavy atom. The van der Waals surface area contributed by atoms with E-state index in [1.807, 2.05) is 0 Å². The maximum Gasteiger partial charge on any atom is 0.106 e. The third-order valence-corrected chi connectivity index (χ3v) is 2.95. The monoisotopic (exact) mass is 232 g/mol. The molecule has 0 aliphatic carbocycles. The van der Waals surface area contributed by atoms with E-state index in [1.54, 1.807) is 18.7 Å². The fourth-order valence-corrected chi connectivity index (χ4v) is 1.99. The molecule has 0 aromatic carbocycles. The van der Waals surface area contributed by atoms with E-state index in [4.69, 9.17) is 4.74 Å². The number of hydrogen-bond acceptors (Lipinski definition) is 5. The molecule has 1 rings (SSSR count). The van der Waals surface area contributed by atoms with E-state index in [0.29, 0.717) is 6.54 Å². The molecule has 16 heavy (non-hydrogen) atoms. The third kappa shape index (κ3) is 4.76. The van der Waals surface area contributed by atoms with Gasteiger partial charge >= 0.3 is 0 Å². The lowest BCUT2D eigenvalue weighted by atomic mass is 10.3. The van der Waals surface area contributed by atoms with Gasteiger partial charge in [0.25, 0.3) is 0 Å². The highest BCUT2D eigenvalue weighted by atomic mass is 16.5. The van der Waals surface area contributed by atoms with E-state index in [0.717, 1.165) is 39.3 Å². The molecule has 1 saturated heterocycles. The van der Waals surface area contributed by atoms with Gasteiger partial charge in [-0.2, -0.15) is 0 Å². The van der Waals surface area contributed by atoms with Crippen LogP contribution in [0.5, 0.6) is 0 Å². The molecular weight excluding hydrogens is 208 g/mol. The topological polar surface area (TPSA) is 56.2 Å². The Bertz CT molecular complexity index is 174. The molecule has 96 valence electrons. The van der Waals surface area contributed by atoms with Crippen molar-refractivity contribution in [1.82, 2.24) is 9.80 Å². The van der Waals surface area contributed by atoms with Gasteiger partial charge in [-0.15, -0.1) is 0 Å². The summed E-state index contributed by atoms with van der Waals surface area (Å²) in [4.78, 5) is 4.03. The summed E-state index contributed by atoms with van der Waals surface area (Å²) in [6.07, 6.45) is -0.232. The van der Waals surface area contributed by atoms with Gasteiger partial charge in [0, 0.05) is 19.6 Å². The van der Waals surface area contributed by atoms with Crippen molar-refractivity contribution < 1.29 is 14.9 Å². The molecule has 2 atom stereocenters. The first-order chi connectivity index (χ1) is 7.61. The summed E-state index contributed by atoms with van der Waals surface area (Å²) >= 11 is 0. The molecule has 1 heterocycles. The van der Waals surface area contributed by atoms with E-state index < -0.39 is 12.5 Å². The predicted octanol–water partition coefficient (Wildman–Crippen LogP) is -0.313. The summed E-state index contributed by atoms with van der Waals surface area (Å²) in [6.45, 7) is 8.69. The average molecular weight is 232 g/mol. The van der Waals surface area contributed by atoms with Crippen molar-refractivity contribution >= 4 is 0 Å². The fraction of sp³-hybridized carbons (Fsp3) is 1.00. The van der Waals surface area contributed by atoms with Gasteiger partial charge in [-0.3, -0.25) is 9.80 Å². The fourth-order valence-electron chi connectivity index (χ4n) is 1.99. The summed E-state index contributed by atoms with van der Waals surface area (Å²) in [5, 5.41) is 18.9. The minimum atomic E-state index is -0.593. The van der Waals surface area contributed by atoms with E-state index in [-0.39, 0.29) is 0 Å². The molecule has 1 aliphatic heterocycles. The lowest BCUT2D eigenvalue weighted by Gasteiger charge is -2.30. The third-order valence-electron chi connectivity index (χ3n) is 2.95. The first-order valence-corrected chi connectivity index (χ1v) is 6.03. The lowest BCUT2D eigenvalue weighted by molar-refractivity contribution is -0.0856. The van der Waals surface area contributed by atoms with Gasteiger partial charge in [-0.1, -0.05) is 0 Å². The van der Waals surface area contributed by atoms with Crippen molar-refractivity contribution in [2.24, 2.45) is 0 Å². The highest BCUT2D eigenvalue weighted by Crippen LogP contribution is 2.04. The van der Waals surface area contributed by atoms with Crippen molar-refractivity contribution in [2.45, 2.75) is 32.7 Å². The second-order valence-corrected chi connectivity index (χ2v) is 4.31. The van der Waals surface area contributed by atoms with Crippen LogP contribution in [0.3, 0.4) is 0 Å². The van der Waals surface area contributed by atoms with Crippen LogP contribution in [0.15, 0.2) is 0 Å².